The number of aliphatic hydroxyl groups is 1. The second-order valence-corrected chi connectivity index (χ2v) is 6.53. The fraction of sp³-hybridized carbons (Fsp3) is 0.462. The molecule has 0 amide bonds. The molecule has 118 valence electrons. The van der Waals surface area contributed by atoms with Crippen LogP contribution >= 0.6 is 0 Å². The van der Waals surface area contributed by atoms with E-state index in [4.69, 9.17) is 5.73 Å². The van der Waals surface area contributed by atoms with E-state index in [-0.39, 0.29) is 22.6 Å². The van der Waals surface area contributed by atoms with Crippen molar-refractivity contribution < 1.29 is 23.1 Å². The summed E-state index contributed by atoms with van der Waals surface area (Å²) in [5.74, 6) is -0.596. The second-order valence-electron chi connectivity index (χ2n) is 4.85. The summed E-state index contributed by atoms with van der Waals surface area (Å²) < 4.78 is 31.4. The molecule has 0 aliphatic rings. The number of anilines is 1. The van der Waals surface area contributed by atoms with Gasteiger partial charge in [0.1, 0.15) is 4.90 Å². The number of nitrogens with two attached hydrogens (primary N) is 1. The minimum absolute atomic E-state index is 0.0466. The molecule has 0 heterocycles. The van der Waals surface area contributed by atoms with E-state index in [0.29, 0.717) is 0 Å². The Kier molecular flexibility index (Phi) is 5.70. The van der Waals surface area contributed by atoms with Gasteiger partial charge < -0.3 is 15.6 Å². The maximum atomic E-state index is 12.2. The van der Waals surface area contributed by atoms with E-state index in [9.17, 15) is 18.3 Å². The van der Waals surface area contributed by atoms with Crippen LogP contribution in [-0.4, -0.2) is 38.7 Å². The van der Waals surface area contributed by atoms with Crippen molar-refractivity contribution in [2.75, 3.05) is 12.8 Å². The molecular formula is C13H20N2O5S. The molecule has 2 atom stereocenters. The first-order valence-corrected chi connectivity index (χ1v) is 7.84. The zero-order valence-corrected chi connectivity index (χ0v) is 13.0. The maximum absolute atomic E-state index is 12.2. The van der Waals surface area contributed by atoms with Crippen molar-refractivity contribution in [3.05, 3.63) is 23.8 Å². The lowest BCUT2D eigenvalue weighted by atomic mass is 10.2. The van der Waals surface area contributed by atoms with Gasteiger partial charge >= 0.3 is 5.97 Å². The fourth-order valence-electron chi connectivity index (χ4n) is 1.93. The smallest absolute Gasteiger partial charge is 0.337 e. The number of esters is 1. The number of carbonyl (C=O) groups excluding carboxylic acids is 1. The summed E-state index contributed by atoms with van der Waals surface area (Å²) in [6.45, 7) is 3.22. The predicted octanol–water partition coefficient (Wildman–Crippen LogP) is 0.493. The Morgan fingerprint density at radius 1 is 1.43 bits per heavy atom. The highest BCUT2D eigenvalue weighted by Gasteiger charge is 2.21. The molecule has 0 aliphatic heterocycles. The Balaban J connectivity index is 3.01. The zero-order valence-electron chi connectivity index (χ0n) is 12.2. The van der Waals surface area contributed by atoms with Gasteiger partial charge in [-0.25, -0.2) is 17.9 Å². The summed E-state index contributed by atoms with van der Waals surface area (Å²) >= 11 is 0. The van der Waals surface area contributed by atoms with Crippen molar-refractivity contribution in [3.8, 4) is 0 Å². The van der Waals surface area contributed by atoms with E-state index in [1.54, 1.807) is 13.8 Å². The van der Waals surface area contributed by atoms with Crippen LogP contribution in [0.2, 0.25) is 0 Å². The number of hydrogen-bond donors (Lipinski definition) is 3. The molecule has 2 unspecified atom stereocenters. The summed E-state index contributed by atoms with van der Waals surface area (Å²) in [5.41, 5.74) is 5.83. The van der Waals surface area contributed by atoms with Crippen LogP contribution in [0.15, 0.2) is 23.1 Å². The fourth-order valence-corrected chi connectivity index (χ4v) is 3.30. The van der Waals surface area contributed by atoms with Crippen molar-refractivity contribution in [1.82, 2.24) is 4.72 Å². The third-order valence-corrected chi connectivity index (χ3v) is 4.43. The summed E-state index contributed by atoms with van der Waals surface area (Å²) in [4.78, 5) is 11.2. The highest BCUT2D eigenvalue weighted by atomic mass is 32.2. The molecule has 0 fully saturated rings. The van der Waals surface area contributed by atoms with Crippen LogP contribution in [0.5, 0.6) is 0 Å². The van der Waals surface area contributed by atoms with Gasteiger partial charge in [0, 0.05) is 6.04 Å². The number of rotatable bonds is 6. The highest BCUT2D eigenvalue weighted by molar-refractivity contribution is 7.89. The lowest BCUT2D eigenvalue weighted by Gasteiger charge is -2.16. The first kappa shape index (κ1) is 17.4. The predicted molar refractivity (Wildman–Crippen MR) is 78.3 cm³/mol. The van der Waals surface area contributed by atoms with E-state index in [1.807, 2.05) is 0 Å². The third-order valence-electron chi connectivity index (χ3n) is 2.77. The molecule has 0 aliphatic carbocycles. The van der Waals surface area contributed by atoms with E-state index in [1.165, 1.54) is 25.3 Å². The monoisotopic (exact) mass is 316 g/mol. The van der Waals surface area contributed by atoms with Gasteiger partial charge in [-0.1, -0.05) is 0 Å². The first-order chi connectivity index (χ1) is 9.67. The summed E-state index contributed by atoms with van der Waals surface area (Å²) in [7, 11) is -2.60. The van der Waals surface area contributed by atoms with Crippen LogP contribution in [0.3, 0.4) is 0 Å². The number of nitrogens with one attached hydrogen (secondary N) is 1. The lowest BCUT2D eigenvalue weighted by Crippen LogP contribution is -2.35. The van der Waals surface area contributed by atoms with Gasteiger partial charge in [0.05, 0.1) is 24.5 Å². The number of carbonyl (C=O) groups is 1. The SMILES string of the molecule is COC(=O)c1ccc(S(=O)(=O)NC(C)CC(C)O)c(N)c1. The van der Waals surface area contributed by atoms with E-state index < -0.39 is 28.1 Å². The van der Waals surface area contributed by atoms with Crippen molar-refractivity contribution in [1.29, 1.82) is 0 Å². The Labute approximate surface area is 124 Å². The zero-order chi connectivity index (χ0) is 16.2. The maximum Gasteiger partial charge on any atom is 0.337 e. The van der Waals surface area contributed by atoms with Crippen molar-refractivity contribution in [2.45, 2.75) is 37.3 Å². The first-order valence-electron chi connectivity index (χ1n) is 6.35. The van der Waals surface area contributed by atoms with E-state index in [0.717, 1.165) is 0 Å². The number of nitrogen functional groups attached to an aromatic ring is 1. The van der Waals surface area contributed by atoms with Crippen LogP contribution in [-0.2, 0) is 14.8 Å². The molecule has 21 heavy (non-hydrogen) atoms. The molecule has 1 aromatic rings. The molecule has 7 nitrogen and oxygen atoms in total. The number of benzene rings is 1. The normalized spacial score (nSPS) is 14.5. The van der Waals surface area contributed by atoms with E-state index in [2.05, 4.69) is 9.46 Å². The molecule has 0 saturated carbocycles. The van der Waals surface area contributed by atoms with Crippen molar-refractivity contribution >= 4 is 21.7 Å². The topological polar surface area (TPSA) is 119 Å². The minimum atomic E-state index is -3.82. The van der Waals surface area contributed by atoms with Crippen LogP contribution in [0.25, 0.3) is 0 Å². The summed E-state index contributed by atoms with van der Waals surface area (Å²) in [5, 5.41) is 9.26. The third kappa shape index (κ3) is 4.69. The van der Waals surface area contributed by atoms with Crippen LogP contribution in [0, 0.1) is 0 Å². The summed E-state index contributed by atoms with van der Waals surface area (Å²) in [6, 6.07) is 3.38. The standard InChI is InChI=1S/C13H20N2O5S/c1-8(6-9(2)16)15-21(18,19)12-5-4-10(7-11(12)14)13(17)20-3/h4-5,7-9,15-16H,6,14H2,1-3H3. The van der Waals surface area contributed by atoms with Crippen LogP contribution in [0.4, 0.5) is 5.69 Å². The van der Waals surface area contributed by atoms with Gasteiger partial charge in [-0.3, -0.25) is 0 Å². The number of hydrogen-bond acceptors (Lipinski definition) is 6. The van der Waals surface area contributed by atoms with Crippen molar-refractivity contribution in [2.24, 2.45) is 0 Å². The van der Waals surface area contributed by atoms with Crippen LogP contribution in [0.1, 0.15) is 30.6 Å². The van der Waals surface area contributed by atoms with Gasteiger partial charge in [0.15, 0.2) is 0 Å². The number of ether oxygens (including phenoxy) is 1. The molecule has 0 bridgehead atoms. The second kappa shape index (κ2) is 6.88. The van der Waals surface area contributed by atoms with Gasteiger partial charge in [-0.2, -0.15) is 0 Å². The molecule has 1 aromatic carbocycles. The van der Waals surface area contributed by atoms with Crippen LogP contribution < -0.4 is 10.5 Å². The molecule has 1 rings (SSSR count). The average Bonchev–Trinajstić information content (AvgIpc) is 2.35. The lowest BCUT2D eigenvalue weighted by molar-refractivity contribution is 0.0600. The quantitative estimate of drug-likeness (QED) is 0.519. The number of aliphatic hydroxyl groups excluding tert-OH is 1. The Morgan fingerprint density at radius 3 is 2.52 bits per heavy atom. The van der Waals surface area contributed by atoms with Gasteiger partial charge in [-0.15, -0.1) is 0 Å². The summed E-state index contributed by atoms with van der Waals surface area (Å²) in [6.07, 6.45) is -0.346. The Morgan fingerprint density at radius 2 is 2.05 bits per heavy atom. The van der Waals surface area contributed by atoms with E-state index >= 15 is 0 Å². The number of methoxy groups -OCH3 is 1. The molecule has 0 spiro atoms. The average molecular weight is 316 g/mol. The largest absolute Gasteiger partial charge is 0.465 e. The Hall–Kier alpha value is -1.64. The molecule has 4 N–H and O–H groups in total. The molecule has 0 radical (unpaired) electrons. The van der Waals surface area contributed by atoms with Gasteiger partial charge in [-0.05, 0) is 38.5 Å². The molecular weight excluding hydrogens is 296 g/mol. The molecule has 8 heteroatoms. The Bertz CT molecular complexity index is 613. The highest BCUT2D eigenvalue weighted by Crippen LogP contribution is 2.20. The van der Waals surface area contributed by atoms with Gasteiger partial charge in [0.2, 0.25) is 10.0 Å². The molecule has 0 saturated heterocycles. The minimum Gasteiger partial charge on any atom is -0.465 e. The van der Waals surface area contributed by atoms with Crippen molar-refractivity contribution in [3.63, 3.8) is 0 Å². The van der Waals surface area contributed by atoms with Gasteiger partial charge in [0.25, 0.3) is 0 Å². The number of sulfonamides is 1. The molecule has 0 aromatic heterocycles.